The predicted molar refractivity (Wildman–Crippen MR) is 39.0 cm³/mol. The molecular formula is C7H13NO3. The molecule has 0 saturated heterocycles. The monoisotopic (exact) mass is 159 g/mol. The average molecular weight is 159 g/mol. The normalized spacial score (nSPS) is 20.8. The van der Waals surface area contributed by atoms with Crippen molar-refractivity contribution in [3.63, 3.8) is 0 Å². The number of carboxylic acids is 1. The van der Waals surface area contributed by atoms with E-state index < -0.39 is 11.6 Å². The number of nitrogens with one attached hydrogen (secondary N) is 1. The molecule has 4 nitrogen and oxygen atoms in total. The van der Waals surface area contributed by atoms with Gasteiger partial charge in [0.2, 0.25) is 0 Å². The first-order chi connectivity index (χ1) is 5.18. The molecule has 0 atom stereocenters. The smallest absolute Gasteiger partial charge is 0.306 e. The standard InChI is InChI=1S/C7H13NO3/c1-8-11-7(3-2-4-7)5-6(9)10/h8H,2-5H2,1H3,(H,9,10). The van der Waals surface area contributed by atoms with Crippen LogP contribution < -0.4 is 5.48 Å². The lowest BCUT2D eigenvalue weighted by Gasteiger charge is -2.39. The number of hydroxylamine groups is 1. The van der Waals surface area contributed by atoms with Gasteiger partial charge in [-0.15, -0.1) is 0 Å². The molecule has 0 aliphatic heterocycles. The first-order valence-corrected chi connectivity index (χ1v) is 3.75. The molecule has 0 spiro atoms. The second-order valence-electron chi connectivity index (χ2n) is 2.91. The number of carbonyl (C=O) groups is 1. The second kappa shape index (κ2) is 3.19. The molecule has 1 fully saturated rings. The van der Waals surface area contributed by atoms with Gasteiger partial charge in [0.25, 0.3) is 0 Å². The fourth-order valence-corrected chi connectivity index (χ4v) is 1.38. The van der Waals surface area contributed by atoms with E-state index in [1.165, 1.54) is 0 Å². The van der Waals surface area contributed by atoms with Crippen LogP contribution in [0.2, 0.25) is 0 Å². The molecule has 2 N–H and O–H groups in total. The minimum absolute atomic E-state index is 0.105. The summed E-state index contributed by atoms with van der Waals surface area (Å²) < 4.78 is 0. The van der Waals surface area contributed by atoms with E-state index >= 15 is 0 Å². The van der Waals surface area contributed by atoms with Crippen LogP contribution in [0, 0.1) is 0 Å². The van der Waals surface area contributed by atoms with E-state index in [2.05, 4.69) is 5.48 Å². The topological polar surface area (TPSA) is 58.6 Å². The number of carboxylic acid groups (broad SMARTS) is 1. The largest absolute Gasteiger partial charge is 0.481 e. The molecule has 0 bridgehead atoms. The van der Waals surface area contributed by atoms with Crippen molar-refractivity contribution in [1.82, 2.24) is 5.48 Å². The van der Waals surface area contributed by atoms with Gasteiger partial charge in [0.05, 0.1) is 6.42 Å². The summed E-state index contributed by atoms with van der Waals surface area (Å²) >= 11 is 0. The quantitative estimate of drug-likeness (QED) is 0.587. The number of hydrogen-bond acceptors (Lipinski definition) is 3. The minimum Gasteiger partial charge on any atom is -0.481 e. The van der Waals surface area contributed by atoms with Crippen molar-refractivity contribution in [2.75, 3.05) is 7.05 Å². The Morgan fingerprint density at radius 2 is 2.36 bits per heavy atom. The summed E-state index contributed by atoms with van der Waals surface area (Å²) in [5.41, 5.74) is 2.14. The maximum Gasteiger partial charge on any atom is 0.306 e. The molecule has 0 radical (unpaired) electrons. The van der Waals surface area contributed by atoms with Crippen molar-refractivity contribution < 1.29 is 14.7 Å². The zero-order valence-electron chi connectivity index (χ0n) is 6.59. The van der Waals surface area contributed by atoms with Gasteiger partial charge in [-0.1, -0.05) is 0 Å². The Hall–Kier alpha value is -0.610. The molecule has 0 unspecified atom stereocenters. The predicted octanol–water partition coefficient (Wildman–Crippen LogP) is 0.535. The van der Waals surface area contributed by atoms with Crippen LogP contribution in [0.4, 0.5) is 0 Å². The van der Waals surface area contributed by atoms with E-state index in [1.54, 1.807) is 7.05 Å². The van der Waals surface area contributed by atoms with Crippen LogP contribution >= 0.6 is 0 Å². The summed E-state index contributed by atoms with van der Waals surface area (Å²) in [6.07, 6.45) is 2.86. The molecule has 64 valence electrons. The van der Waals surface area contributed by atoms with Crippen LogP contribution in [-0.4, -0.2) is 23.7 Å². The van der Waals surface area contributed by atoms with Gasteiger partial charge < -0.3 is 5.11 Å². The highest BCUT2D eigenvalue weighted by Crippen LogP contribution is 2.37. The van der Waals surface area contributed by atoms with Crippen LogP contribution in [0.15, 0.2) is 0 Å². The fourth-order valence-electron chi connectivity index (χ4n) is 1.38. The van der Waals surface area contributed by atoms with Crippen molar-refractivity contribution in [3.8, 4) is 0 Å². The lowest BCUT2D eigenvalue weighted by Crippen LogP contribution is -2.45. The van der Waals surface area contributed by atoms with Crippen molar-refractivity contribution >= 4 is 5.97 Å². The Balaban J connectivity index is 2.39. The van der Waals surface area contributed by atoms with Gasteiger partial charge in [-0.3, -0.25) is 9.63 Å². The van der Waals surface area contributed by atoms with Crippen LogP contribution in [0.25, 0.3) is 0 Å². The first kappa shape index (κ1) is 8.49. The molecule has 0 amide bonds. The average Bonchev–Trinajstić information content (AvgIpc) is 1.82. The van der Waals surface area contributed by atoms with E-state index in [9.17, 15) is 4.79 Å². The molecule has 0 aromatic heterocycles. The Labute approximate surface area is 65.5 Å². The number of rotatable bonds is 4. The van der Waals surface area contributed by atoms with Crippen LogP contribution in [0.3, 0.4) is 0 Å². The van der Waals surface area contributed by atoms with E-state index in [0.717, 1.165) is 19.3 Å². The van der Waals surface area contributed by atoms with Gasteiger partial charge in [-0.25, -0.2) is 5.48 Å². The minimum atomic E-state index is -0.792. The number of aliphatic carboxylic acids is 1. The highest BCUT2D eigenvalue weighted by Gasteiger charge is 2.40. The second-order valence-corrected chi connectivity index (χ2v) is 2.91. The van der Waals surface area contributed by atoms with E-state index in [1.807, 2.05) is 0 Å². The fraction of sp³-hybridized carbons (Fsp3) is 0.857. The third-order valence-electron chi connectivity index (χ3n) is 2.06. The van der Waals surface area contributed by atoms with E-state index in [4.69, 9.17) is 9.94 Å². The third kappa shape index (κ3) is 1.91. The highest BCUT2D eigenvalue weighted by atomic mass is 16.7. The van der Waals surface area contributed by atoms with E-state index in [-0.39, 0.29) is 6.42 Å². The van der Waals surface area contributed by atoms with E-state index in [0.29, 0.717) is 0 Å². The Kier molecular flexibility index (Phi) is 2.46. The SMILES string of the molecule is CNOC1(CC(=O)O)CCC1. The molecule has 4 heteroatoms. The molecule has 1 rings (SSSR count). The Bertz CT molecular complexity index is 154. The number of hydrogen-bond donors (Lipinski definition) is 2. The van der Waals surface area contributed by atoms with Gasteiger partial charge in [-0.05, 0) is 19.3 Å². The first-order valence-electron chi connectivity index (χ1n) is 3.75. The van der Waals surface area contributed by atoms with Gasteiger partial charge >= 0.3 is 5.97 Å². The Morgan fingerprint density at radius 3 is 2.64 bits per heavy atom. The Morgan fingerprint density at radius 1 is 1.73 bits per heavy atom. The van der Waals surface area contributed by atoms with Crippen LogP contribution in [-0.2, 0) is 9.63 Å². The lowest BCUT2D eigenvalue weighted by molar-refractivity contribution is -0.169. The molecule has 0 aromatic carbocycles. The van der Waals surface area contributed by atoms with Crippen LogP contribution in [0.1, 0.15) is 25.7 Å². The van der Waals surface area contributed by atoms with Gasteiger partial charge in [0.15, 0.2) is 0 Å². The summed E-state index contributed by atoms with van der Waals surface area (Å²) in [4.78, 5) is 15.5. The highest BCUT2D eigenvalue weighted by molar-refractivity contribution is 5.68. The summed E-state index contributed by atoms with van der Waals surface area (Å²) in [5.74, 6) is -0.792. The molecule has 1 aliphatic carbocycles. The maximum absolute atomic E-state index is 10.4. The zero-order chi connectivity index (χ0) is 8.32. The van der Waals surface area contributed by atoms with Gasteiger partial charge in [0.1, 0.15) is 5.60 Å². The molecular weight excluding hydrogens is 146 g/mol. The summed E-state index contributed by atoms with van der Waals surface area (Å²) in [5, 5.41) is 8.53. The zero-order valence-corrected chi connectivity index (χ0v) is 6.59. The lowest BCUT2D eigenvalue weighted by atomic mass is 9.78. The van der Waals surface area contributed by atoms with Crippen molar-refractivity contribution in [3.05, 3.63) is 0 Å². The molecule has 11 heavy (non-hydrogen) atoms. The van der Waals surface area contributed by atoms with Crippen LogP contribution in [0.5, 0.6) is 0 Å². The molecule has 1 saturated carbocycles. The summed E-state index contributed by atoms with van der Waals surface area (Å²) in [6, 6.07) is 0. The van der Waals surface area contributed by atoms with Crippen molar-refractivity contribution in [1.29, 1.82) is 0 Å². The molecule has 0 aromatic rings. The maximum atomic E-state index is 10.4. The van der Waals surface area contributed by atoms with Crippen molar-refractivity contribution in [2.24, 2.45) is 0 Å². The molecule has 0 heterocycles. The van der Waals surface area contributed by atoms with Gasteiger partial charge in [-0.2, -0.15) is 0 Å². The van der Waals surface area contributed by atoms with Crippen molar-refractivity contribution in [2.45, 2.75) is 31.3 Å². The summed E-state index contributed by atoms with van der Waals surface area (Å²) in [6.45, 7) is 0. The third-order valence-corrected chi connectivity index (χ3v) is 2.06. The molecule has 1 aliphatic rings. The summed E-state index contributed by atoms with van der Waals surface area (Å²) in [7, 11) is 1.65. The van der Waals surface area contributed by atoms with Gasteiger partial charge in [0, 0.05) is 7.05 Å².